The van der Waals surface area contributed by atoms with Crippen LogP contribution in [0.1, 0.15) is 50.8 Å². The quantitative estimate of drug-likeness (QED) is 0.728. The van der Waals surface area contributed by atoms with Crippen molar-refractivity contribution in [1.29, 1.82) is 0 Å². The van der Waals surface area contributed by atoms with Gasteiger partial charge in [-0.15, -0.1) is 0 Å². The molecule has 1 aromatic heterocycles. The molecule has 2 aromatic rings. The van der Waals surface area contributed by atoms with Gasteiger partial charge >= 0.3 is 0 Å². The first-order chi connectivity index (χ1) is 9.43. The Bertz CT molecular complexity index is 622. The van der Waals surface area contributed by atoms with Crippen molar-refractivity contribution in [2.24, 2.45) is 0 Å². The maximum atomic E-state index is 6.12. The molecule has 0 N–H and O–H groups in total. The number of hydrogen-bond donors (Lipinski definition) is 0. The summed E-state index contributed by atoms with van der Waals surface area (Å²) < 4.78 is 0. The maximum absolute atomic E-state index is 6.12. The highest BCUT2D eigenvalue weighted by atomic mass is 35.5. The SMILES string of the molecule is CC(C)(C)c1ccc(-c2nc(Cl)cc(C3CC3)n2)cc1. The van der Waals surface area contributed by atoms with Gasteiger partial charge in [-0.2, -0.15) is 0 Å². The van der Waals surface area contributed by atoms with Crippen molar-refractivity contribution in [3.05, 3.63) is 46.7 Å². The van der Waals surface area contributed by atoms with Crippen molar-refractivity contribution >= 4 is 11.6 Å². The molecule has 3 rings (SSSR count). The van der Waals surface area contributed by atoms with Gasteiger partial charge in [0.15, 0.2) is 5.82 Å². The molecule has 0 amide bonds. The first-order valence-corrected chi connectivity index (χ1v) is 7.47. The smallest absolute Gasteiger partial charge is 0.161 e. The van der Waals surface area contributed by atoms with Gasteiger partial charge in [0.05, 0.1) is 0 Å². The molecule has 0 radical (unpaired) electrons. The van der Waals surface area contributed by atoms with Crippen LogP contribution >= 0.6 is 11.6 Å². The van der Waals surface area contributed by atoms with Gasteiger partial charge in [0.2, 0.25) is 0 Å². The maximum Gasteiger partial charge on any atom is 0.161 e. The lowest BCUT2D eigenvalue weighted by Crippen LogP contribution is -2.10. The minimum atomic E-state index is 0.160. The molecule has 1 aliphatic rings. The molecule has 0 spiro atoms. The van der Waals surface area contributed by atoms with Crippen molar-refractivity contribution in [2.75, 3.05) is 0 Å². The molecule has 3 heteroatoms. The minimum absolute atomic E-state index is 0.160. The second kappa shape index (κ2) is 4.85. The van der Waals surface area contributed by atoms with Crippen molar-refractivity contribution < 1.29 is 0 Å². The molecule has 1 heterocycles. The Hall–Kier alpha value is -1.41. The molecule has 0 saturated heterocycles. The van der Waals surface area contributed by atoms with Crippen LogP contribution in [0.3, 0.4) is 0 Å². The summed E-state index contributed by atoms with van der Waals surface area (Å²) in [4.78, 5) is 9.02. The molecule has 1 fully saturated rings. The van der Waals surface area contributed by atoms with Crippen molar-refractivity contribution in [1.82, 2.24) is 9.97 Å². The number of rotatable bonds is 2. The average molecular weight is 287 g/mol. The van der Waals surface area contributed by atoms with Gasteiger partial charge in [-0.25, -0.2) is 9.97 Å². The molecule has 0 unspecified atom stereocenters. The van der Waals surface area contributed by atoms with Crippen LogP contribution in [0.15, 0.2) is 30.3 Å². The fourth-order valence-electron chi connectivity index (χ4n) is 2.27. The van der Waals surface area contributed by atoms with Crippen LogP contribution in [0.2, 0.25) is 5.15 Å². The lowest BCUT2D eigenvalue weighted by atomic mass is 9.87. The van der Waals surface area contributed by atoms with E-state index in [0.29, 0.717) is 11.1 Å². The number of halogens is 1. The van der Waals surface area contributed by atoms with Crippen LogP contribution in [0, 0.1) is 0 Å². The summed E-state index contributed by atoms with van der Waals surface area (Å²) in [5.41, 5.74) is 3.58. The van der Waals surface area contributed by atoms with E-state index in [1.807, 2.05) is 6.07 Å². The predicted molar refractivity (Wildman–Crippen MR) is 83.2 cm³/mol. The van der Waals surface area contributed by atoms with Crippen LogP contribution in [-0.2, 0) is 5.41 Å². The molecule has 20 heavy (non-hydrogen) atoms. The summed E-state index contributed by atoms with van der Waals surface area (Å²) in [6, 6.07) is 10.4. The van der Waals surface area contributed by atoms with Crippen LogP contribution in [0.4, 0.5) is 0 Å². The zero-order valence-corrected chi connectivity index (χ0v) is 12.9. The third kappa shape index (κ3) is 2.85. The van der Waals surface area contributed by atoms with Crippen molar-refractivity contribution in [2.45, 2.75) is 44.9 Å². The van der Waals surface area contributed by atoms with Crippen molar-refractivity contribution in [3.63, 3.8) is 0 Å². The first kappa shape index (κ1) is 13.6. The van der Waals surface area contributed by atoms with E-state index < -0.39 is 0 Å². The van der Waals surface area contributed by atoms with Gasteiger partial charge in [0.1, 0.15) is 5.15 Å². The zero-order chi connectivity index (χ0) is 14.3. The van der Waals surface area contributed by atoms with Crippen LogP contribution < -0.4 is 0 Å². The number of hydrogen-bond acceptors (Lipinski definition) is 2. The summed E-state index contributed by atoms with van der Waals surface area (Å²) in [5.74, 6) is 1.32. The summed E-state index contributed by atoms with van der Waals surface area (Å²) >= 11 is 6.12. The van der Waals surface area contributed by atoms with Gasteiger partial charge in [0.25, 0.3) is 0 Å². The van der Waals surface area contributed by atoms with Gasteiger partial charge in [0, 0.05) is 17.2 Å². The standard InChI is InChI=1S/C17H19ClN2/c1-17(2,3)13-8-6-12(7-9-13)16-19-14(11-4-5-11)10-15(18)20-16/h6-11H,4-5H2,1-3H3. The van der Waals surface area contributed by atoms with Gasteiger partial charge in [-0.05, 0) is 29.9 Å². The second-order valence-corrected chi connectivity index (χ2v) is 6.93. The Kier molecular flexibility index (Phi) is 3.29. The van der Waals surface area contributed by atoms with Gasteiger partial charge < -0.3 is 0 Å². The molecular weight excluding hydrogens is 268 g/mol. The summed E-state index contributed by atoms with van der Waals surface area (Å²) in [7, 11) is 0. The Labute approximate surface area is 125 Å². The Morgan fingerprint density at radius 3 is 2.25 bits per heavy atom. The summed E-state index contributed by atoms with van der Waals surface area (Å²) in [5, 5.41) is 0.539. The molecule has 0 bridgehead atoms. The normalized spacial score (nSPS) is 15.4. The van der Waals surface area contributed by atoms with E-state index in [4.69, 9.17) is 11.6 Å². The highest BCUT2D eigenvalue weighted by Crippen LogP contribution is 2.40. The molecule has 1 aliphatic carbocycles. The third-order valence-corrected chi connectivity index (χ3v) is 3.91. The van der Waals surface area contributed by atoms with E-state index in [1.165, 1.54) is 18.4 Å². The molecule has 0 aliphatic heterocycles. The predicted octanol–water partition coefficient (Wildman–Crippen LogP) is 4.97. The van der Waals surface area contributed by atoms with E-state index in [-0.39, 0.29) is 5.41 Å². The van der Waals surface area contributed by atoms with E-state index in [0.717, 1.165) is 17.1 Å². The minimum Gasteiger partial charge on any atom is -0.233 e. The number of benzene rings is 1. The monoisotopic (exact) mass is 286 g/mol. The van der Waals surface area contributed by atoms with Crippen LogP contribution in [0.25, 0.3) is 11.4 Å². The van der Waals surface area contributed by atoms with Crippen LogP contribution in [0.5, 0.6) is 0 Å². The molecule has 1 saturated carbocycles. The lowest BCUT2D eigenvalue weighted by Gasteiger charge is -2.19. The Balaban J connectivity index is 1.96. The van der Waals surface area contributed by atoms with Crippen molar-refractivity contribution in [3.8, 4) is 11.4 Å². The van der Waals surface area contributed by atoms with E-state index >= 15 is 0 Å². The largest absolute Gasteiger partial charge is 0.233 e. The van der Waals surface area contributed by atoms with Crippen LogP contribution in [-0.4, -0.2) is 9.97 Å². The molecule has 104 valence electrons. The summed E-state index contributed by atoms with van der Waals surface area (Å²) in [6.45, 7) is 6.63. The highest BCUT2D eigenvalue weighted by molar-refractivity contribution is 6.29. The number of nitrogens with zero attached hydrogens (tertiary/aromatic N) is 2. The highest BCUT2D eigenvalue weighted by Gasteiger charge is 2.26. The Morgan fingerprint density at radius 1 is 1.05 bits per heavy atom. The number of aromatic nitrogens is 2. The Morgan fingerprint density at radius 2 is 1.70 bits per heavy atom. The summed E-state index contributed by atoms with van der Waals surface area (Å²) in [6.07, 6.45) is 2.44. The van der Waals surface area contributed by atoms with E-state index in [2.05, 4.69) is 55.0 Å². The second-order valence-electron chi connectivity index (χ2n) is 6.54. The molecular formula is C17H19ClN2. The average Bonchev–Trinajstić information content (AvgIpc) is 3.21. The fraction of sp³-hybridized carbons (Fsp3) is 0.412. The van der Waals surface area contributed by atoms with E-state index in [9.17, 15) is 0 Å². The molecule has 2 nitrogen and oxygen atoms in total. The van der Waals surface area contributed by atoms with Gasteiger partial charge in [-0.1, -0.05) is 56.6 Å². The first-order valence-electron chi connectivity index (χ1n) is 7.09. The zero-order valence-electron chi connectivity index (χ0n) is 12.2. The molecule has 1 aromatic carbocycles. The third-order valence-electron chi connectivity index (χ3n) is 3.72. The fourth-order valence-corrected chi connectivity index (χ4v) is 2.46. The van der Waals surface area contributed by atoms with E-state index in [1.54, 1.807) is 0 Å². The molecule has 0 atom stereocenters. The lowest BCUT2D eigenvalue weighted by molar-refractivity contribution is 0.590. The van der Waals surface area contributed by atoms with Gasteiger partial charge in [-0.3, -0.25) is 0 Å². The topological polar surface area (TPSA) is 25.8 Å².